The minimum atomic E-state index is -2.92. The van der Waals surface area contributed by atoms with E-state index in [2.05, 4.69) is 4.94 Å². The standard InChI is InChI=1S/C7H11F3O2/c1-3-7(8,9)4-5(2)6(11)12-10/h5H,3-4H2,1-2H3. The van der Waals surface area contributed by atoms with Crippen LogP contribution in [0, 0.1) is 5.92 Å². The van der Waals surface area contributed by atoms with Crippen LogP contribution in [0.25, 0.3) is 0 Å². The van der Waals surface area contributed by atoms with Gasteiger partial charge in [-0.05, 0) is 0 Å². The molecule has 0 aromatic heterocycles. The minimum Gasteiger partial charge on any atom is -0.255 e. The third kappa shape index (κ3) is 3.59. The Kier molecular flexibility index (Phi) is 4.06. The summed E-state index contributed by atoms with van der Waals surface area (Å²) in [5.41, 5.74) is 0. The van der Waals surface area contributed by atoms with Crippen LogP contribution in [-0.2, 0) is 9.74 Å². The van der Waals surface area contributed by atoms with Crippen LogP contribution in [0.3, 0.4) is 0 Å². The zero-order valence-electron chi connectivity index (χ0n) is 6.94. The summed E-state index contributed by atoms with van der Waals surface area (Å²) in [6, 6.07) is 0. The second-order valence-corrected chi connectivity index (χ2v) is 2.71. The molecule has 0 radical (unpaired) electrons. The third-order valence-electron chi connectivity index (χ3n) is 1.60. The Bertz CT molecular complexity index is 159. The SMILES string of the molecule is CCC(F)(F)CC(C)C(=O)OF. The van der Waals surface area contributed by atoms with Gasteiger partial charge in [0.15, 0.2) is 0 Å². The van der Waals surface area contributed by atoms with Gasteiger partial charge in [0.25, 0.3) is 0 Å². The molecule has 0 saturated carbocycles. The van der Waals surface area contributed by atoms with Gasteiger partial charge >= 0.3 is 5.97 Å². The van der Waals surface area contributed by atoms with Crippen molar-refractivity contribution in [3.63, 3.8) is 0 Å². The van der Waals surface area contributed by atoms with E-state index in [9.17, 15) is 18.1 Å². The zero-order chi connectivity index (χ0) is 9.78. The monoisotopic (exact) mass is 184 g/mol. The lowest BCUT2D eigenvalue weighted by atomic mass is 10.0. The number of carbonyl (C=O) groups excluding carboxylic acids is 1. The molecule has 0 aromatic rings. The van der Waals surface area contributed by atoms with Crippen LogP contribution in [-0.4, -0.2) is 11.9 Å². The molecular weight excluding hydrogens is 173 g/mol. The molecule has 5 heteroatoms. The van der Waals surface area contributed by atoms with Crippen LogP contribution in [0.1, 0.15) is 26.7 Å². The molecule has 2 nitrogen and oxygen atoms in total. The van der Waals surface area contributed by atoms with Gasteiger partial charge in [0, 0.05) is 17.4 Å². The highest BCUT2D eigenvalue weighted by atomic mass is 19.3. The third-order valence-corrected chi connectivity index (χ3v) is 1.60. The van der Waals surface area contributed by atoms with Crippen LogP contribution in [0.5, 0.6) is 0 Å². The molecule has 1 atom stereocenters. The van der Waals surface area contributed by atoms with E-state index in [0.717, 1.165) is 0 Å². The summed E-state index contributed by atoms with van der Waals surface area (Å²) in [6.07, 6.45) is -1.04. The average Bonchev–Trinajstić information content (AvgIpc) is 2.02. The molecule has 0 heterocycles. The molecule has 0 aliphatic heterocycles. The molecule has 0 aliphatic rings. The van der Waals surface area contributed by atoms with E-state index < -0.39 is 24.2 Å². The van der Waals surface area contributed by atoms with Gasteiger partial charge in [0.05, 0.1) is 5.92 Å². The Morgan fingerprint density at radius 2 is 2.08 bits per heavy atom. The van der Waals surface area contributed by atoms with Gasteiger partial charge in [-0.25, -0.2) is 13.6 Å². The first-order valence-corrected chi connectivity index (χ1v) is 3.63. The van der Waals surface area contributed by atoms with Gasteiger partial charge in [-0.1, -0.05) is 13.8 Å². The predicted octanol–water partition coefficient (Wildman–Crippen LogP) is 2.49. The molecule has 12 heavy (non-hydrogen) atoms. The fraction of sp³-hybridized carbons (Fsp3) is 0.857. The lowest BCUT2D eigenvalue weighted by molar-refractivity contribution is -0.191. The Balaban J connectivity index is 3.99. The van der Waals surface area contributed by atoms with Crippen molar-refractivity contribution >= 4 is 5.97 Å². The second kappa shape index (κ2) is 4.33. The van der Waals surface area contributed by atoms with Crippen LogP contribution >= 0.6 is 0 Å². The van der Waals surface area contributed by atoms with E-state index in [0.29, 0.717) is 0 Å². The molecule has 72 valence electrons. The Labute approximate surface area is 68.6 Å². The molecule has 0 aromatic carbocycles. The largest absolute Gasteiger partial charge is 0.351 e. The number of halogens is 3. The molecule has 0 rings (SSSR count). The van der Waals surface area contributed by atoms with E-state index in [-0.39, 0.29) is 6.42 Å². The van der Waals surface area contributed by atoms with Gasteiger partial charge in [0.2, 0.25) is 5.92 Å². The number of hydrogen-bond acceptors (Lipinski definition) is 2. The van der Waals surface area contributed by atoms with Gasteiger partial charge in [0.1, 0.15) is 0 Å². The molecule has 0 amide bonds. The summed E-state index contributed by atoms with van der Waals surface area (Å²) >= 11 is 0. The number of carbonyl (C=O) groups is 1. The van der Waals surface area contributed by atoms with Gasteiger partial charge < -0.3 is 0 Å². The van der Waals surface area contributed by atoms with E-state index in [1.165, 1.54) is 13.8 Å². The van der Waals surface area contributed by atoms with Crippen molar-refractivity contribution in [1.29, 1.82) is 0 Å². The van der Waals surface area contributed by atoms with Gasteiger partial charge in [-0.15, -0.1) is 0 Å². The van der Waals surface area contributed by atoms with Crippen LogP contribution < -0.4 is 0 Å². The van der Waals surface area contributed by atoms with Gasteiger partial charge in [-0.3, -0.25) is 4.94 Å². The first-order valence-electron chi connectivity index (χ1n) is 3.63. The second-order valence-electron chi connectivity index (χ2n) is 2.71. The minimum absolute atomic E-state index is 0.364. The summed E-state index contributed by atoms with van der Waals surface area (Å²) in [4.78, 5) is 13.2. The summed E-state index contributed by atoms with van der Waals surface area (Å²) in [7, 11) is 0. The maximum Gasteiger partial charge on any atom is 0.351 e. The normalized spacial score (nSPS) is 14.1. The highest BCUT2D eigenvalue weighted by molar-refractivity contribution is 5.71. The summed E-state index contributed by atoms with van der Waals surface area (Å²) in [5, 5.41) is 0. The maximum atomic E-state index is 12.6. The van der Waals surface area contributed by atoms with Crippen LogP contribution in [0.15, 0.2) is 0 Å². The van der Waals surface area contributed by atoms with Crippen molar-refractivity contribution in [2.75, 3.05) is 0 Å². The van der Waals surface area contributed by atoms with Crippen molar-refractivity contribution in [2.24, 2.45) is 5.92 Å². The molecule has 0 bridgehead atoms. The summed E-state index contributed by atoms with van der Waals surface area (Å²) in [6.45, 7) is 2.50. The molecule has 0 aliphatic carbocycles. The predicted molar refractivity (Wildman–Crippen MR) is 36.2 cm³/mol. The first-order chi connectivity index (χ1) is 5.43. The molecule has 0 fully saturated rings. The lowest BCUT2D eigenvalue weighted by Gasteiger charge is -2.15. The molecular formula is C7H11F3O2. The first kappa shape index (κ1) is 11.3. The van der Waals surface area contributed by atoms with Crippen molar-refractivity contribution in [2.45, 2.75) is 32.6 Å². The van der Waals surface area contributed by atoms with Crippen molar-refractivity contribution < 1.29 is 23.0 Å². The molecule has 0 N–H and O–H groups in total. The summed E-state index contributed by atoms with van der Waals surface area (Å²) < 4.78 is 36.4. The zero-order valence-corrected chi connectivity index (χ0v) is 6.94. The molecule has 0 saturated heterocycles. The van der Waals surface area contributed by atoms with Crippen LogP contribution in [0.4, 0.5) is 13.3 Å². The fourth-order valence-electron chi connectivity index (χ4n) is 0.752. The Morgan fingerprint density at radius 1 is 1.58 bits per heavy atom. The number of alkyl halides is 2. The lowest BCUT2D eigenvalue weighted by Crippen LogP contribution is -2.23. The highest BCUT2D eigenvalue weighted by Gasteiger charge is 2.32. The van der Waals surface area contributed by atoms with E-state index in [1.807, 2.05) is 0 Å². The van der Waals surface area contributed by atoms with E-state index in [1.54, 1.807) is 0 Å². The highest BCUT2D eigenvalue weighted by Crippen LogP contribution is 2.27. The van der Waals surface area contributed by atoms with E-state index in [4.69, 9.17) is 0 Å². The molecule has 1 unspecified atom stereocenters. The number of hydrogen-bond donors (Lipinski definition) is 0. The van der Waals surface area contributed by atoms with Crippen molar-refractivity contribution in [3.8, 4) is 0 Å². The molecule has 0 spiro atoms. The summed E-state index contributed by atoms with van der Waals surface area (Å²) in [5.74, 6) is -5.28. The average molecular weight is 184 g/mol. The quantitative estimate of drug-likeness (QED) is 0.670. The fourth-order valence-corrected chi connectivity index (χ4v) is 0.752. The van der Waals surface area contributed by atoms with Crippen LogP contribution in [0.2, 0.25) is 0 Å². The van der Waals surface area contributed by atoms with E-state index >= 15 is 0 Å². The smallest absolute Gasteiger partial charge is 0.255 e. The maximum absolute atomic E-state index is 12.6. The van der Waals surface area contributed by atoms with Crippen molar-refractivity contribution in [3.05, 3.63) is 0 Å². The van der Waals surface area contributed by atoms with Gasteiger partial charge in [-0.2, -0.15) is 0 Å². The van der Waals surface area contributed by atoms with Crippen molar-refractivity contribution in [1.82, 2.24) is 0 Å². The topological polar surface area (TPSA) is 26.3 Å². The Hall–Kier alpha value is -0.740. The Morgan fingerprint density at radius 3 is 2.42 bits per heavy atom. The number of rotatable bonds is 4.